The number of hydrogen-bond acceptors (Lipinski definition) is 6. The summed E-state index contributed by atoms with van der Waals surface area (Å²) in [5, 5.41) is 3.97. The predicted octanol–water partition coefficient (Wildman–Crippen LogP) is 1.83. The number of rotatable bonds is 4. The van der Waals surface area contributed by atoms with Crippen LogP contribution in [0.5, 0.6) is 0 Å². The van der Waals surface area contributed by atoms with Gasteiger partial charge in [-0.15, -0.1) is 0 Å². The minimum atomic E-state index is 0.385. The number of H-pyrrole nitrogens is 1. The Labute approximate surface area is 115 Å². The maximum atomic E-state index is 5.15. The lowest BCUT2D eigenvalue weighted by Gasteiger charge is -2.09. The lowest BCUT2D eigenvalue weighted by Crippen LogP contribution is -2.10. The first-order chi connectivity index (χ1) is 9.67. The summed E-state index contributed by atoms with van der Waals surface area (Å²) in [6, 6.07) is 5.68. The van der Waals surface area contributed by atoms with Gasteiger partial charge >= 0.3 is 0 Å². The molecule has 0 saturated heterocycles. The summed E-state index contributed by atoms with van der Waals surface area (Å²) < 4.78 is 10.1. The zero-order valence-corrected chi connectivity index (χ0v) is 11.5. The summed E-state index contributed by atoms with van der Waals surface area (Å²) in [6.07, 6.45) is 0. The van der Waals surface area contributed by atoms with E-state index in [1.165, 1.54) is 0 Å². The quantitative estimate of drug-likeness (QED) is 0.781. The molecular formula is C13H15N5O2. The van der Waals surface area contributed by atoms with Gasteiger partial charge in [-0.2, -0.15) is 0 Å². The monoisotopic (exact) mass is 273 g/mol. The zero-order valence-electron chi connectivity index (χ0n) is 11.5. The minimum Gasteiger partial charge on any atom is -0.377 e. The smallest absolute Gasteiger partial charge is 0.180 e. The van der Waals surface area contributed by atoms with E-state index in [-0.39, 0.29) is 0 Å². The van der Waals surface area contributed by atoms with E-state index in [0.717, 1.165) is 11.3 Å². The van der Waals surface area contributed by atoms with E-state index in [1.54, 1.807) is 13.2 Å². The maximum Gasteiger partial charge on any atom is 0.180 e. The molecule has 0 amide bonds. The molecule has 0 saturated carbocycles. The number of hydrogen-bond donors (Lipinski definition) is 1. The molecule has 0 aliphatic heterocycles. The van der Waals surface area contributed by atoms with Crippen LogP contribution in [0.25, 0.3) is 22.7 Å². The maximum absolute atomic E-state index is 5.15. The van der Waals surface area contributed by atoms with Crippen molar-refractivity contribution in [3.63, 3.8) is 0 Å². The van der Waals surface area contributed by atoms with Crippen molar-refractivity contribution in [2.24, 2.45) is 0 Å². The Bertz CT molecular complexity index is 731. The van der Waals surface area contributed by atoms with Crippen LogP contribution in [0.15, 0.2) is 22.7 Å². The first kappa shape index (κ1) is 12.6. The molecule has 7 heteroatoms. The fourth-order valence-electron chi connectivity index (χ4n) is 1.89. The van der Waals surface area contributed by atoms with Crippen LogP contribution in [-0.2, 0) is 11.3 Å². The zero-order chi connectivity index (χ0) is 14.1. The van der Waals surface area contributed by atoms with Gasteiger partial charge in [0.15, 0.2) is 17.2 Å². The van der Waals surface area contributed by atoms with E-state index in [4.69, 9.17) is 9.26 Å². The third kappa shape index (κ3) is 2.23. The van der Waals surface area contributed by atoms with Gasteiger partial charge in [0.1, 0.15) is 18.1 Å². The van der Waals surface area contributed by atoms with Crippen LogP contribution >= 0.6 is 0 Å². The summed E-state index contributed by atoms with van der Waals surface area (Å²) in [6.45, 7) is 0.385. The van der Waals surface area contributed by atoms with E-state index < -0.39 is 0 Å². The number of methoxy groups -OCH3 is 1. The number of aromatic nitrogens is 4. The summed E-state index contributed by atoms with van der Waals surface area (Å²) in [5.41, 5.74) is 2.16. The third-order valence-electron chi connectivity index (χ3n) is 2.88. The van der Waals surface area contributed by atoms with Crippen LogP contribution in [0.4, 0.5) is 5.82 Å². The molecule has 20 heavy (non-hydrogen) atoms. The number of pyridine rings is 1. The van der Waals surface area contributed by atoms with Gasteiger partial charge in [0.2, 0.25) is 0 Å². The van der Waals surface area contributed by atoms with Gasteiger partial charge in [0.25, 0.3) is 0 Å². The highest BCUT2D eigenvalue weighted by Crippen LogP contribution is 2.21. The van der Waals surface area contributed by atoms with Crippen molar-refractivity contribution in [1.29, 1.82) is 0 Å². The standard InChI is InChI=1S/C13H15N5O2/c1-18(2)11-5-4-9-12(15-11)16-13(14-9)10-6-8(7-19-3)20-17-10/h4-6H,7H2,1-3H3,(H,14,15,16). The van der Waals surface area contributed by atoms with Crippen LogP contribution in [0.3, 0.4) is 0 Å². The second-order valence-electron chi connectivity index (χ2n) is 4.63. The Balaban J connectivity index is 1.99. The first-order valence-corrected chi connectivity index (χ1v) is 6.16. The highest BCUT2D eigenvalue weighted by molar-refractivity contribution is 5.76. The number of fused-ring (bicyclic) bond motifs is 1. The second kappa shape index (κ2) is 4.93. The van der Waals surface area contributed by atoms with Crippen molar-refractivity contribution in [1.82, 2.24) is 20.1 Å². The molecule has 3 aromatic heterocycles. The van der Waals surface area contributed by atoms with Gasteiger partial charge in [-0.3, -0.25) is 0 Å². The highest BCUT2D eigenvalue weighted by Gasteiger charge is 2.12. The van der Waals surface area contributed by atoms with Crippen molar-refractivity contribution in [2.75, 3.05) is 26.1 Å². The molecule has 0 aliphatic carbocycles. The van der Waals surface area contributed by atoms with E-state index in [1.807, 2.05) is 31.1 Å². The van der Waals surface area contributed by atoms with Gasteiger partial charge < -0.3 is 19.1 Å². The Kier molecular flexibility index (Phi) is 3.11. The molecule has 3 heterocycles. The van der Waals surface area contributed by atoms with Gasteiger partial charge in [0.05, 0.1) is 5.52 Å². The van der Waals surface area contributed by atoms with Crippen molar-refractivity contribution >= 4 is 17.0 Å². The number of nitrogens with one attached hydrogen (secondary N) is 1. The van der Waals surface area contributed by atoms with E-state index in [9.17, 15) is 0 Å². The van der Waals surface area contributed by atoms with Crippen molar-refractivity contribution in [2.45, 2.75) is 6.61 Å². The number of aromatic amines is 1. The molecule has 3 aromatic rings. The number of ether oxygens (including phenoxy) is 1. The summed E-state index contributed by atoms with van der Waals surface area (Å²) >= 11 is 0. The van der Waals surface area contributed by atoms with Crippen molar-refractivity contribution < 1.29 is 9.26 Å². The molecule has 7 nitrogen and oxygen atoms in total. The van der Waals surface area contributed by atoms with Gasteiger partial charge in [-0.25, -0.2) is 9.97 Å². The van der Waals surface area contributed by atoms with E-state index in [2.05, 4.69) is 20.1 Å². The molecule has 3 rings (SSSR count). The minimum absolute atomic E-state index is 0.385. The van der Waals surface area contributed by atoms with Crippen LogP contribution in [0, 0.1) is 0 Å². The number of nitrogens with zero attached hydrogens (tertiary/aromatic N) is 4. The Morgan fingerprint density at radius 1 is 1.30 bits per heavy atom. The molecule has 0 fully saturated rings. The molecule has 104 valence electrons. The molecule has 0 atom stereocenters. The first-order valence-electron chi connectivity index (χ1n) is 6.16. The van der Waals surface area contributed by atoms with E-state index >= 15 is 0 Å². The van der Waals surface area contributed by atoms with Gasteiger partial charge in [0, 0.05) is 27.3 Å². The summed E-state index contributed by atoms with van der Waals surface area (Å²) in [7, 11) is 5.49. The van der Waals surface area contributed by atoms with Gasteiger partial charge in [-0.05, 0) is 12.1 Å². The summed E-state index contributed by atoms with van der Waals surface area (Å²) in [5.74, 6) is 2.15. The highest BCUT2D eigenvalue weighted by atomic mass is 16.5. The van der Waals surface area contributed by atoms with Crippen LogP contribution in [0.2, 0.25) is 0 Å². The van der Waals surface area contributed by atoms with E-state index in [0.29, 0.717) is 29.5 Å². The lowest BCUT2D eigenvalue weighted by molar-refractivity contribution is 0.156. The van der Waals surface area contributed by atoms with Crippen LogP contribution < -0.4 is 4.90 Å². The van der Waals surface area contributed by atoms with Crippen LogP contribution in [0.1, 0.15) is 5.76 Å². The predicted molar refractivity (Wildman–Crippen MR) is 74.4 cm³/mol. The molecule has 1 N–H and O–H groups in total. The number of imidazole rings is 1. The molecule has 0 aliphatic rings. The van der Waals surface area contributed by atoms with Gasteiger partial charge in [-0.1, -0.05) is 5.16 Å². The Morgan fingerprint density at radius 3 is 2.90 bits per heavy atom. The average molecular weight is 273 g/mol. The topological polar surface area (TPSA) is 80.1 Å². The van der Waals surface area contributed by atoms with Crippen molar-refractivity contribution in [3.8, 4) is 11.5 Å². The molecule has 0 radical (unpaired) electrons. The molecular weight excluding hydrogens is 258 g/mol. The van der Waals surface area contributed by atoms with Crippen LogP contribution in [-0.4, -0.2) is 41.3 Å². The lowest BCUT2D eigenvalue weighted by atomic mass is 10.3. The second-order valence-corrected chi connectivity index (χ2v) is 4.63. The third-order valence-corrected chi connectivity index (χ3v) is 2.88. The summed E-state index contributed by atoms with van der Waals surface area (Å²) in [4.78, 5) is 14.0. The molecule has 0 spiro atoms. The van der Waals surface area contributed by atoms with Crippen molar-refractivity contribution in [3.05, 3.63) is 24.0 Å². The average Bonchev–Trinajstić information content (AvgIpc) is 3.03. The number of anilines is 1. The Hall–Kier alpha value is -2.41. The molecule has 0 unspecified atom stereocenters. The SMILES string of the molecule is COCc1cc(-c2nc3nc(N(C)C)ccc3[nH]2)no1. The fraction of sp³-hybridized carbons (Fsp3) is 0.308. The largest absolute Gasteiger partial charge is 0.377 e. The normalized spacial score (nSPS) is 11.2. The fourth-order valence-corrected chi connectivity index (χ4v) is 1.89. The molecule has 0 bridgehead atoms. The molecule has 0 aromatic carbocycles. The Morgan fingerprint density at radius 2 is 2.15 bits per heavy atom.